The molecule has 0 atom stereocenters. The Bertz CT molecular complexity index is 760. The second-order valence-electron chi connectivity index (χ2n) is 6.08. The van der Waals surface area contributed by atoms with Crippen LogP contribution in [0.25, 0.3) is 0 Å². The van der Waals surface area contributed by atoms with Gasteiger partial charge in [-0.2, -0.15) is 5.26 Å². The zero-order valence-electron chi connectivity index (χ0n) is 14.4. The summed E-state index contributed by atoms with van der Waals surface area (Å²) in [4.78, 5) is 12.3. The van der Waals surface area contributed by atoms with Gasteiger partial charge in [0.2, 0.25) is 5.91 Å². The van der Waals surface area contributed by atoms with Gasteiger partial charge >= 0.3 is 0 Å². The van der Waals surface area contributed by atoms with Gasteiger partial charge in [-0.05, 0) is 36.1 Å². The number of nitrogens with zero attached hydrogens (tertiary/aromatic N) is 1. The molecule has 0 radical (unpaired) electrons. The molecule has 4 nitrogen and oxygen atoms in total. The van der Waals surface area contributed by atoms with E-state index in [1.807, 2.05) is 37.3 Å². The van der Waals surface area contributed by atoms with Crippen molar-refractivity contribution >= 4 is 17.3 Å². The summed E-state index contributed by atoms with van der Waals surface area (Å²) >= 11 is 0. The Morgan fingerprint density at radius 1 is 1.17 bits per heavy atom. The molecule has 2 rings (SSSR count). The van der Waals surface area contributed by atoms with Crippen LogP contribution < -0.4 is 10.6 Å². The van der Waals surface area contributed by atoms with Crippen molar-refractivity contribution in [1.82, 2.24) is 0 Å². The third-order valence-corrected chi connectivity index (χ3v) is 3.91. The Kier molecular flexibility index (Phi) is 5.97. The van der Waals surface area contributed by atoms with Crippen LogP contribution in [0.4, 0.5) is 11.4 Å². The number of benzene rings is 2. The summed E-state index contributed by atoms with van der Waals surface area (Å²) in [6.07, 6.45) is 0.339. The van der Waals surface area contributed by atoms with Gasteiger partial charge in [-0.25, -0.2) is 0 Å². The summed E-state index contributed by atoms with van der Waals surface area (Å²) in [7, 11) is 0. The Morgan fingerprint density at radius 2 is 1.92 bits per heavy atom. The van der Waals surface area contributed by atoms with Gasteiger partial charge in [0.15, 0.2) is 0 Å². The van der Waals surface area contributed by atoms with E-state index in [1.165, 1.54) is 0 Å². The Morgan fingerprint density at radius 3 is 2.62 bits per heavy atom. The van der Waals surface area contributed by atoms with Crippen LogP contribution in [-0.2, 0) is 4.79 Å². The van der Waals surface area contributed by atoms with Gasteiger partial charge in [-0.3, -0.25) is 4.79 Å². The van der Waals surface area contributed by atoms with Crippen LogP contribution in [0.3, 0.4) is 0 Å². The first kappa shape index (κ1) is 17.6. The summed E-state index contributed by atoms with van der Waals surface area (Å²) in [5, 5.41) is 15.2. The number of para-hydroxylation sites is 2. The number of carbonyl (C=O) groups excluding carboxylic acids is 1. The van der Waals surface area contributed by atoms with Crippen molar-refractivity contribution in [3.8, 4) is 6.07 Å². The number of nitriles is 1. The summed E-state index contributed by atoms with van der Waals surface area (Å²) in [5.41, 5.74) is 4.46. The maximum atomic E-state index is 12.3. The Hall–Kier alpha value is -2.80. The van der Waals surface area contributed by atoms with Crippen molar-refractivity contribution in [3.63, 3.8) is 0 Å². The lowest BCUT2D eigenvalue weighted by Crippen LogP contribution is -2.18. The molecular formula is C20H23N3O. The van der Waals surface area contributed by atoms with E-state index in [2.05, 4.69) is 36.6 Å². The number of aryl methyl sites for hydroxylation is 1. The fourth-order valence-corrected chi connectivity index (χ4v) is 2.59. The SMILES string of the molecule is Cc1cccc(C(C)C)c1NC(=O)CCNc1ccccc1C#N. The van der Waals surface area contributed by atoms with Crippen molar-refractivity contribution < 1.29 is 4.79 Å². The number of carbonyl (C=O) groups is 1. The molecule has 0 spiro atoms. The van der Waals surface area contributed by atoms with Crippen LogP contribution in [0.5, 0.6) is 0 Å². The smallest absolute Gasteiger partial charge is 0.226 e. The molecule has 0 aliphatic heterocycles. The highest BCUT2D eigenvalue weighted by Crippen LogP contribution is 2.27. The van der Waals surface area contributed by atoms with Gasteiger partial charge in [0.05, 0.1) is 11.3 Å². The molecule has 1 amide bonds. The number of rotatable bonds is 6. The number of amides is 1. The number of anilines is 2. The molecule has 0 unspecified atom stereocenters. The molecule has 0 aliphatic rings. The maximum Gasteiger partial charge on any atom is 0.226 e. The van der Waals surface area contributed by atoms with Gasteiger partial charge < -0.3 is 10.6 Å². The van der Waals surface area contributed by atoms with Gasteiger partial charge in [0.25, 0.3) is 0 Å². The summed E-state index contributed by atoms with van der Waals surface area (Å²) in [6, 6.07) is 15.5. The average Bonchev–Trinajstić information content (AvgIpc) is 2.57. The highest BCUT2D eigenvalue weighted by atomic mass is 16.1. The highest BCUT2D eigenvalue weighted by Gasteiger charge is 2.12. The predicted molar refractivity (Wildman–Crippen MR) is 98.2 cm³/mol. The molecule has 124 valence electrons. The molecule has 0 saturated carbocycles. The van der Waals surface area contributed by atoms with Crippen LogP contribution in [0.1, 0.15) is 42.9 Å². The molecule has 0 aromatic heterocycles. The lowest BCUT2D eigenvalue weighted by molar-refractivity contribution is -0.115. The molecule has 0 bridgehead atoms. The van der Waals surface area contributed by atoms with E-state index in [0.717, 1.165) is 22.5 Å². The molecular weight excluding hydrogens is 298 g/mol. The van der Waals surface area contributed by atoms with E-state index in [-0.39, 0.29) is 5.91 Å². The van der Waals surface area contributed by atoms with Crippen molar-refractivity contribution in [3.05, 3.63) is 59.2 Å². The first-order chi connectivity index (χ1) is 11.5. The van der Waals surface area contributed by atoms with Crippen molar-refractivity contribution in [1.29, 1.82) is 5.26 Å². The molecule has 0 saturated heterocycles. The van der Waals surface area contributed by atoms with E-state index in [4.69, 9.17) is 5.26 Å². The second-order valence-corrected chi connectivity index (χ2v) is 6.08. The van der Waals surface area contributed by atoms with E-state index >= 15 is 0 Å². The Labute approximate surface area is 143 Å². The first-order valence-corrected chi connectivity index (χ1v) is 8.15. The number of hydrogen-bond donors (Lipinski definition) is 2. The van der Waals surface area contributed by atoms with Gasteiger partial charge in [-0.15, -0.1) is 0 Å². The van der Waals surface area contributed by atoms with E-state index < -0.39 is 0 Å². The fraction of sp³-hybridized carbons (Fsp3) is 0.300. The summed E-state index contributed by atoms with van der Waals surface area (Å²) < 4.78 is 0. The summed E-state index contributed by atoms with van der Waals surface area (Å²) in [6.45, 7) is 6.71. The standard InChI is InChI=1S/C20H23N3O/c1-14(2)17-9-6-7-15(3)20(17)23-19(24)11-12-22-18-10-5-4-8-16(18)13-21/h4-10,14,22H,11-12H2,1-3H3,(H,23,24). The highest BCUT2D eigenvalue weighted by molar-refractivity contribution is 5.92. The normalized spacial score (nSPS) is 10.3. The minimum atomic E-state index is -0.0341. The fourth-order valence-electron chi connectivity index (χ4n) is 2.59. The molecule has 0 fully saturated rings. The molecule has 2 N–H and O–H groups in total. The first-order valence-electron chi connectivity index (χ1n) is 8.15. The van der Waals surface area contributed by atoms with E-state index in [9.17, 15) is 4.79 Å². The molecule has 2 aromatic carbocycles. The lowest BCUT2D eigenvalue weighted by atomic mass is 9.98. The van der Waals surface area contributed by atoms with Crippen molar-refractivity contribution in [2.45, 2.75) is 33.1 Å². The minimum Gasteiger partial charge on any atom is -0.383 e. The summed E-state index contributed by atoms with van der Waals surface area (Å²) in [5.74, 6) is 0.314. The van der Waals surface area contributed by atoms with Crippen LogP contribution >= 0.6 is 0 Å². The lowest BCUT2D eigenvalue weighted by Gasteiger charge is -2.16. The largest absolute Gasteiger partial charge is 0.383 e. The molecule has 24 heavy (non-hydrogen) atoms. The number of hydrogen-bond acceptors (Lipinski definition) is 3. The van der Waals surface area contributed by atoms with Crippen molar-refractivity contribution in [2.75, 3.05) is 17.2 Å². The van der Waals surface area contributed by atoms with Crippen LogP contribution in [-0.4, -0.2) is 12.5 Å². The third-order valence-electron chi connectivity index (χ3n) is 3.91. The van der Waals surface area contributed by atoms with Gasteiger partial charge in [-0.1, -0.05) is 44.2 Å². The van der Waals surface area contributed by atoms with Crippen LogP contribution in [0, 0.1) is 18.3 Å². The topological polar surface area (TPSA) is 64.9 Å². The monoisotopic (exact) mass is 321 g/mol. The molecule has 0 heterocycles. The van der Waals surface area contributed by atoms with Crippen LogP contribution in [0.15, 0.2) is 42.5 Å². The minimum absolute atomic E-state index is 0.0341. The average molecular weight is 321 g/mol. The Balaban J connectivity index is 1.96. The maximum absolute atomic E-state index is 12.3. The zero-order chi connectivity index (χ0) is 17.5. The van der Waals surface area contributed by atoms with E-state index in [1.54, 1.807) is 6.07 Å². The quantitative estimate of drug-likeness (QED) is 0.827. The molecule has 0 aliphatic carbocycles. The number of nitrogens with one attached hydrogen (secondary N) is 2. The van der Waals surface area contributed by atoms with Crippen LogP contribution in [0.2, 0.25) is 0 Å². The molecule has 2 aromatic rings. The van der Waals surface area contributed by atoms with Gasteiger partial charge in [0.1, 0.15) is 6.07 Å². The molecule has 4 heteroatoms. The van der Waals surface area contributed by atoms with Crippen molar-refractivity contribution in [2.24, 2.45) is 0 Å². The third kappa shape index (κ3) is 4.36. The second kappa shape index (κ2) is 8.16. The van der Waals surface area contributed by atoms with E-state index in [0.29, 0.717) is 24.4 Å². The predicted octanol–water partition coefficient (Wildman–Crippen LogP) is 4.43. The van der Waals surface area contributed by atoms with Gasteiger partial charge in [0, 0.05) is 18.7 Å². The zero-order valence-corrected chi connectivity index (χ0v) is 14.4.